The number of hydrogen-bond acceptors (Lipinski definition) is 3. The van der Waals surface area contributed by atoms with Gasteiger partial charge < -0.3 is 5.11 Å². The van der Waals surface area contributed by atoms with Crippen LogP contribution < -0.4 is 0 Å². The van der Waals surface area contributed by atoms with Crippen molar-refractivity contribution >= 4 is 11.0 Å². The van der Waals surface area contributed by atoms with Gasteiger partial charge >= 0.3 is 22.4 Å². The van der Waals surface area contributed by atoms with E-state index in [9.17, 15) is 0 Å². The van der Waals surface area contributed by atoms with Gasteiger partial charge in [-0.25, -0.2) is 0 Å². The number of aromatic hydroxyl groups is 1. The van der Waals surface area contributed by atoms with Crippen LogP contribution in [-0.4, -0.2) is 20.5 Å². The minimum atomic E-state index is 0. The Bertz CT molecular complexity index is 359. The van der Waals surface area contributed by atoms with E-state index in [4.69, 9.17) is 5.11 Å². The number of phenolic OH excluding ortho intramolecular Hbond substituents is 1. The predicted molar refractivity (Wildman–Crippen MR) is 35.6 cm³/mol. The molecule has 0 radical (unpaired) electrons. The fourth-order valence-electron chi connectivity index (χ4n) is 0.853. The van der Waals surface area contributed by atoms with Crippen LogP contribution in [0.15, 0.2) is 18.2 Å². The molecular weight excluding hydrogens is 238 g/mol. The van der Waals surface area contributed by atoms with E-state index in [-0.39, 0.29) is 28.1 Å². The maximum absolute atomic E-state index is 9.14. The quantitative estimate of drug-likeness (QED) is 0.668. The van der Waals surface area contributed by atoms with Crippen LogP contribution in [0.2, 0.25) is 0 Å². The van der Waals surface area contributed by atoms with Crippen molar-refractivity contribution in [2.24, 2.45) is 0 Å². The molecule has 2 aromatic rings. The third kappa shape index (κ3) is 1.28. The van der Waals surface area contributed by atoms with E-state index in [1.54, 1.807) is 18.2 Å². The average Bonchev–Trinajstić information content (AvgIpc) is 2.36. The summed E-state index contributed by atoms with van der Waals surface area (Å²) in [4.78, 5) is 0. The second-order valence-corrected chi connectivity index (χ2v) is 1.97. The smallest absolute Gasteiger partial charge is 0.506 e. The largest absolute Gasteiger partial charge is 1.00 e. The summed E-state index contributed by atoms with van der Waals surface area (Å²) in [6.45, 7) is 0. The van der Waals surface area contributed by atoms with Crippen LogP contribution in [0.1, 0.15) is 0 Å². The Morgan fingerprint density at radius 2 is 2.09 bits per heavy atom. The van der Waals surface area contributed by atoms with Crippen molar-refractivity contribution in [1.82, 2.24) is 15.4 Å². The van der Waals surface area contributed by atoms with Gasteiger partial charge in [-0.15, -0.1) is 0 Å². The Balaban J connectivity index is 0.000000605. The van der Waals surface area contributed by atoms with Crippen molar-refractivity contribution in [3.8, 4) is 5.75 Å². The number of benzene rings is 1. The van der Waals surface area contributed by atoms with Gasteiger partial charge in [0.25, 0.3) is 0 Å². The summed E-state index contributed by atoms with van der Waals surface area (Å²) in [5, 5.41) is 19.1. The SMILES string of the molecule is Oc1cccc2n[nH]nc12.[Ag+]. The van der Waals surface area contributed by atoms with Crippen LogP contribution in [-0.2, 0) is 22.4 Å². The van der Waals surface area contributed by atoms with Crippen molar-refractivity contribution in [2.75, 3.05) is 0 Å². The molecule has 0 bridgehead atoms. The number of fused-ring (bicyclic) bond motifs is 1. The first-order valence-corrected chi connectivity index (χ1v) is 2.86. The van der Waals surface area contributed by atoms with Gasteiger partial charge in [0.05, 0.1) is 0 Å². The third-order valence-corrected chi connectivity index (χ3v) is 1.33. The van der Waals surface area contributed by atoms with Crippen molar-refractivity contribution in [3.05, 3.63) is 18.2 Å². The molecule has 0 aliphatic carbocycles. The Labute approximate surface area is 78.1 Å². The molecule has 60 valence electrons. The predicted octanol–water partition coefficient (Wildman–Crippen LogP) is 0.661. The first kappa shape index (κ1) is 8.26. The van der Waals surface area contributed by atoms with E-state index in [0.717, 1.165) is 0 Å². The molecule has 1 heterocycles. The second-order valence-electron chi connectivity index (χ2n) is 1.97. The molecule has 0 fully saturated rings. The molecule has 1 aromatic carbocycles. The topological polar surface area (TPSA) is 61.8 Å². The summed E-state index contributed by atoms with van der Waals surface area (Å²) in [7, 11) is 0. The van der Waals surface area contributed by atoms with Crippen LogP contribution in [0.4, 0.5) is 0 Å². The number of rotatable bonds is 0. The van der Waals surface area contributed by atoms with Gasteiger partial charge in [-0.2, -0.15) is 15.4 Å². The van der Waals surface area contributed by atoms with E-state index < -0.39 is 0 Å². The van der Waals surface area contributed by atoms with Crippen molar-refractivity contribution < 1.29 is 27.5 Å². The normalized spacial score (nSPS) is 9.45. The first-order chi connectivity index (χ1) is 4.88. The molecule has 0 unspecified atom stereocenters. The van der Waals surface area contributed by atoms with E-state index >= 15 is 0 Å². The minimum absolute atomic E-state index is 0. The Kier molecular flexibility index (Phi) is 2.28. The van der Waals surface area contributed by atoms with Crippen molar-refractivity contribution in [1.29, 1.82) is 0 Å². The minimum Gasteiger partial charge on any atom is -0.506 e. The average molecular weight is 243 g/mol. The summed E-state index contributed by atoms with van der Waals surface area (Å²) >= 11 is 0. The van der Waals surface area contributed by atoms with E-state index in [1.807, 2.05) is 0 Å². The molecule has 0 aliphatic heterocycles. The molecule has 0 amide bonds. The first-order valence-electron chi connectivity index (χ1n) is 2.86. The fourth-order valence-corrected chi connectivity index (χ4v) is 0.853. The molecular formula is C6H5AgN3O+. The number of H-pyrrole nitrogens is 1. The number of nitrogens with one attached hydrogen (secondary N) is 1. The molecule has 2 rings (SSSR count). The fraction of sp³-hybridized carbons (Fsp3) is 0. The maximum Gasteiger partial charge on any atom is 1.00 e. The summed E-state index contributed by atoms with van der Waals surface area (Å²) in [6.07, 6.45) is 0. The maximum atomic E-state index is 9.14. The molecule has 2 N–H and O–H groups in total. The van der Waals surface area contributed by atoms with E-state index in [0.29, 0.717) is 11.0 Å². The molecule has 0 atom stereocenters. The number of hydrogen-bond donors (Lipinski definition) is 2. The van der Waals surface area contributed by atoms with Gasteiger partial charge in [-0.05, 0) is 12.1 Å². The molecule has 4 nitrogen and oxygen atoms in total. The third-order valence-electron chi connectivity index (χ3n) is 1.33. The second kappa shape index (κ2) is 3.04. The standard InChI is InChI=1S/C6H5N3O.Ag/c10-5-3-1-2-4-6(5)8-9-7-4;/h1-3,10H,(H,7,8,9);/q;+1. The van der Waals surface area contributed by atoms with E-state index in [1.165, 1.54) is 0 Å². The van der Waals surface area contributed by atoms with Crippen molar-refractivity contribution in [3.63, 3.8) is 0 Å². The number of aromatic amines is 1. The monoisotopic (exact) mass is 242 g/mol. The Morgan fingerprint density at radius 3 is 2.82 bits per heavy atom. The van der Waals surface area contributed by atoms with Gasteiger partial charge in [-0.3, -0.25) is 0 Å². The zero-order valence-corrected chi connectivity index (χ0v) is 6.86. The van der Waals surface area contributed by atoms with Crippen LogP contribution in [0.3, 0.4) is 0 Å². The summed E-state index contributed by atoms with van der Waals surface area (Å²) in [6, 6.07) is 5.07. The number of nitrogens with zero attached hydrogens (tertiary/aromatic N) is 2. The Morgan fingerprint density at radius 1 is 1.27 bits per heavy atom. The molecule has 0 aliphatic rings. The van der Waals surface area contributed by atoms with Crippen molar-refractivity contribution in [2.45, 2.75) is 0 Å². The number of phenols is 1. The molecule has 1 aromatic heterocycles. The van der Waals surface area contributed by atoms with Crippen LogP contribution in [0.25, 0.3) is 11.0 Å². The summed E-state index contributed by atoms with van der Waals surface area (Å²) in [5.41, 5.74) is 1.20. The van der Waals surface area contributed by atoms with Gasteiger partial charge in [0.1, 0.15) is 11.3 Å². The van der Waals surface area contributed by atoms with Gasteiger partial charge in [0, 0.05) is 0 Å². The zero-order valence-electron chi connectivity index (χ0n) is 5.38. The van der Waals surface area contributed by atoms with Crippen LogP contribution in [0.5, 0.6) is 5.75 Å². The summed E-state index contributed by atoms with van der Waals surface area (Å²) in [5.74, 6) is 0.159. The van der Waals surface area contributed by atoms with Gasteiger partial charge in [-0.1, -0.05) is 6.07 Å². The number of para-hydroxylation sites is 1. The molecule has 0 spiro atoms. The molecule has 0 saturated carbocycles. The van der Waals surface area contributed by atoms with Gasteiger partial charge in [0.15, 0.2) is 5.52 Å². The van der Waals surface area contributed by atoms with Gasteiger partial charge in [0.2, 0.25) is 0 Å². The Hall–Kier alpha value is -0.840. The molecule has 11 heavy (non-hydrogen) atoms. The summed E-state index contributed by atoms with van der Waals surface area (Å²) < 4.78 is 0. The van der Waals surface area contributed by atoms with Crippen LogP contribution >= 0.6 is 0 Å². The molecule has 5 heteroatoms. The van der Waals surface area contributed by atoms with E-state index in [2.05, 4.69) is 15.4 Å². The van der Waals surface area contributed by atoms with Crippen LogP contribution in [0, 0.1) is 0 Å². The molecule has 0 saturated heterocycles. The zero-order chi connectivity index (χ0) is 6.97. The number of aromatic nitrogens is 3.